The molecule has 0 fully saturated rings. The summed E-state index contributed by atoms with van der Waals surface area (Å²) in [7, 11) is -4.59. The molecule has 0 saturated heterocycles. The number of rotatable bonds is 7. The first-order chi connectivity index (χ1) is 17.3. The number of hydrogen-bond donors (Lipinski definition) is 2. The van der Waals surface area contributed by atoms with E-state index >= 15 is 0 Å². The molecule has 0 radical (unpaired) electrons. The van der Waals surface area contributed by atoms with E-state index in [4.69, 9.17) is 8.85 Å². The van der Waals surface area contributed by atoms with Crippen LogP contribution >= 0.6 is 0 Å². The van der Waals surface area contributed by atoms with Crippen molar-refractivity contribution in [3.63, 3.8) is 0 Å². The zero-order valence-electron chi connectivity index (χ0n) is 24.9. The molecular formula is C32H46O4Si2. The zero-order valence-corrected chi connectivity index (χ0v) is 26.9. The summed E-state index contributed by atoms with van der Waals surface area (Å²) in [5.41, 5.74) is -2.57. The van der Waals surface area contributed by atoms with Gasteiger partial charge >= 0.3 is 0 Å². The molecule has 0 aromatic heterocycles. The summed E-state index contributed by atoms with van der Waals surface area (Å²) in [6.45, 7) is 20.9. The summed E-state index contributed by atoms with van der Waals surface area (Å²) in [5.74, 6) is 12.1. The minimum absolute atomic E-state index is 0.0910. The van der Waals surface area contributed by atoms with E-state index in [1.807, 2.05) is 60.7 Å². The van der Waals surface area contributed by atoms with E-state index in [-0.39, 0.29) is 23.3 Å². The van der Waals surface area contributed by atoms with Crippen molar-refractivity contribution in [2.45, 2.75) is 89.0 Å². The second kappa shape index (κ2) is 11.9. The van der Waals surface area contributed by atoms with Gasteiger partial charge in [0.05, 0.1) is 13.2 Å². The zero-order chi connectivity index (χ0) is 28.9. The average molecular weight is 551 g/mol. The highest BCUT2D eigenvalue weighted by atomic mass is 28.4. The van der Waals surface area contributed by atoms with Gasteiger partial charge in [-0.3, -0.25) is 0 Å². The van der Waals surface area contributed by atoms with Gasteiger partial charge in [0, 0.05) is 11.1 Å². The fraction of sp³-hybridized carbons (Fsp3) is 0.500. The number of aliphatic hydroxyl groups is 2. The van der Waals surface area contributed by atoms with E-state index in [0.29, 0.717) is 0 Å². The van der Waals surface area contributed by atoms with Gasteiger partial charge in [0.2, 0.25) is 0 Å². The normalized spacial score (nSPS) is 15.8. The van der Waals surface area contributed by atoms with Crippen LogP contribution in [0.15, 0.2) is 60.7 Å². The lowest BCUT2D eigenvalue weighted by Gasteiger charge is -2.44. The van der Waals surface area contributed by atoms with E-state index in [0.717, 1.165) is 11.1 Å². The first kappa shape index (κ1) is 32.0. The molecule has 0 amide bonds. The molecule has 2 aromatic carbocycles. The van der Waals surface area contributed by atoms with Gasteiger partial charge in [0.15, 0.2) is 27.8 Å². The molecule has 0 aliphatic carbocycles. The molecule has 6 heteroatoms. The summed E-state index contributed by atoms with van der Waals surface area (Å²) in [6.07, 6.45) is 0. The van der Waals surface area contributed by atoms with Crippen molar-refractivity contribution in [3.8, 4) is 23.7 Å². The Morgan fingerprint density at radius 2 is 0.868 bits per heavy atom. The van der Waals surface area contributed by atoms with Crippen LogP contribution in [-0.2, 0) is 8.85 Å². The minimum Gasteiger partial charge on any atom is -0.413 e. The molecule has 2 N–H and O–H groups in total. The molecule has 206 valence electrons. The predicted molar refractivity (Wildman–Crippen MR) is 163 cm³/mol. The number of hydrogen-bond acceptors (Lipinski definition) is 4. The molecule has 4 nitrogen and oxygen atoms in total. The van der Waals surface area contributed by atoms with Crippen LogP contribution < -0.4 is 0 Å². The third-order valence-electron chi connectivity index (χ3n) is 7.96. The molecule has 2 aromatic rings. The summed E-state index contributed by atoms with van der Waals surface area (Å²) in [6, 6.07) is 18.8. The molecule has 0 aliphatic rings. The van der Waals surface area contributed by atoms with Crippen LogP contribution in [0, 0.1) is 23.7 Å². The standard InChI is InChI=1S/C32H46O4Si2/c1-29(2,3)37(7,8)35-25-31(33,23-21-27-17-13-11-14-18-27)32(34,24-22-28-19-15-12-16-20-28)26-36-38(9,10)30(4,5)6/h11-20,33-34H,25-26H2,1-10H3/t31-,32+. The van der Waals surface area contributed by atoms with Crippen molar-refractivity contribution < 1.29 is 19.1 Å². The first-order valence-corrected chi connectivity index (χ1v) is 19.0. The van der Waals surface area contributed by atoms with Gasteiger partial charge < -0.3 is 19.1 Å². The fourth-order valence-electron chi connectivity index (χ4n) is 2.91. The van der Waals surface area contributed by atoms with Crippen LogP contribution in [-0.4, -0.2) is 51.3 Å². The maximum Gasteiger partial charge on any atom is 0.192 e. The molecule has 0 bridgehead atoms. The predicted octanol–water partition coefficient (Wildman–Crippen LogP) is 6.60. The van der Waals surface area contributed by atoms with Gasteiger partial charge in [-0.25, -0.2) is 0 Å². The second-order valence-electron chi connectivity index (χ2n) is 13.1. The summed E-state index contributed by atoms with van der Waals surface area (Å²) >= 11 is 0. The van der Waals surface area contributed by atoms with E-state index in [9.17, 15) is 10.2 Å². The van der Waals surface area contributed by atoms with Crippen molar-refractivity contribution in [2.24, 2.45) is 0 Å². The van der Waals surface area contributed by atoms with Crippen LogP contribution in [0.3, 0.4) is 0 Å². The van der Waals surface area contributed by atoms with Crippen LogP contribution in [0.2, 0.25) is 36.3 Å². The minimum atomic E-state index is -2.30. The van der Waals surface area contributed by atoms with Gasteiger partial charge in [-0.2, -0.15) is 0 Å². The smallest absolute Gasteiger partial charge is 0.192 e. The summed E-state index contributed by atoms with van der Waals surface area (Å²) in [4.78, 5) is 0. The Hall–Kier alpha value is -2.17. The fourth-order valence-corrected chi connectivity index (χ4v) is 4.92. The maximum atomic E-state index is 12.2. The molecule has 0 spiro atoms. The molecular weight excluding hydrogens is 505 g/mol. The summed E-state index contributed by atoms with van der Waals surface area (Å²) < 4.78 is 12.9. The Morgan fingerprint density at radius 3 is 1.13 bits per heavy atom. The largest absolute Gasteiger partial charge is 0.413 e. The van der Waals surface area contributed by atoms with E-state index in [1.54, 1.807) is 0 Å². The van der Waals surface area contributed by atoms with Crippen LogP contribution in [0.5, 0.6) is 0 Å². The Balaban J connectivity index is 2.65. The second-order valence-corrected chi connectivity index (χ2v) is 22.7. The van der Waals surface area contributed by atoms with E-state index < -0.39 is 27.8 Å². The maximum absolute atomic E-state index is 12.2. The molecule has 0 aliphatic heterocycles. The van der Waals surface area contributed by atoms with Gasteiger partial charge in [0.1, 0.15) is 0 Å². The number of benzene rings is 2. The van der Waals surface area contributed by atoms with Crippen LogP contribution in [0.4, 0.5) is 0 Å². The monoisotopic (exact) mass is 550 g/mol. The first-order valence-electron chi connectivity index (χ1n) is 13.2. The molecule has 0 unspecified atom stereocenters. The van der Waals surface area contributed by atoms with Gasteiger partial charge in [-0.1, -0.05) is 102 Å². The molecule has 38 heavy (non-hydrogen) atoms. The average Bonchev–Trinajstić information content (AvgIpc) is 2.84. The molecule has 2 atom stereocenters. The quantitative estimate of drug-likeness (QED) is 0.301. The van der Waals surface area contributed by atoms with E-state index in [1.165, 1.54) is 0 Å². The van der Waals surface area contributed by atoms with Crippen molar-refractivity contribution in [3.05, 3.63) is 71.8 Å². The van der Waals surface area contributed by atoms with Crippen LogP contribution in [0.25, 0.3) is 0 Å². The highest BCUT2D eigenvalue weighted by Crippen LogP contribution is 2.40. The Morgan fingerprint density at radius 1 is 0.579 bits per heavy atom. The van der Waals surface area contributed by atoms with Crippen molar-refractivity contribution >= 4 is 16.6 Å². The Labute approximate surface area is 233 Å². The summed E-state index contributed by atoms with van der Waals surface area (Å²) in [5, 5.41) is 24.2. The highest BCUT2D eigenvalue weighted by Gasteiger charge is 2.52. The van der Waals surface area contributed by atoms with Crippen molar-refractivity contribution in [1.82, 2.24) is 0 Å². The SMILES string of the molecule is CC(C)(C)[Si](C)(C)OC[C@](O)(C#Cc1ccccc1)[C@](O)(C#Cc1ccccc1)CO[Si](C)(C)C(C)(C)C. The highest BCUT2D eigenvalue weighted by molar-refractivity contribution is 6.74. The lowest BCUT2D eigenvalue weighted by Crippen LogP contribution is -2.61. The van der Waals surface area contributed by atoms with E-state index in [2.05, 4.69) is 91.4 Å². The third-order valence-corrected chi connectivity index (χ3v) is 16.9. The molecule has 2 rings (SSSR count). The third kappa shape index (κ3) is 8.17. The Kier molecular flexibility index (Phi) is 10.1. The van der Waals surface area contributed by atoms with Crippen LogP contribution in [0.1, 0.15) is 52.7 Å². The van der Waals surface area contributed by atoms with Crippen molar-refractivity contribution in [2.75, 3.05) is 13.2 Å². The molecule has 0 heterocycles. The molecule has 0 saturated carbocycles. The Bertz CT molecular complexity index is 1080. The van der Waals surface area contributed by atoms with Crippen molar-refractivity contribution in [1.29, 1.82) is 0 Å². The lowest BCUT2D eigenvalue weighted by molar-refractivity contribution is -0.120. The lowest BCUT2D eigenvalue weighted by atomic mass is 9.84. The van der Waals surface area contributed by atoms with Gasteiger partial charge in [0.25, 0.3) is 0 Å². The topological polar surface area (TPSA) is 58.9 Å². The van der Waals surface area contributed by atoms with Gasteiger partial charge in [-0.15, -0.1) is 0 Å². The van der Waals surface area contributed by atoms with Gasteiger partial charge in [-0.05, 0) is 60.5 Å².